The summed E-state index contributed by atoms with van der Waals surface area (Å²) in [6, 6.07) is 0. The van der Waals surface area contributed by atoms with E-state index in [4.69, 9.17) is 4.84 Å². The molecule has 1 fully saturated rings. The first-order valence-electron chi connectivity index (χ1n) is 5.88. The van der Waals surface area contributed by atoms with Crippen LogP contribution in [0.2, 0.25) is 0 Å². The molecule has 0 atom stereocenters. The van der Waals surface area contributed by atoms with Crippen LogP contribution in [-0.4, -0.2) is 63.1 Å². The predicted octanol–water partition coefficient (Wildman–Crippen LogP) is -0.0624. The fraction of sp³-hybridized carbons (Fsp3) is 0.909. The molecule has 0 aromatic carbocycles. The summed E-state index contributed by atoms with van der Waals surface area (Å²) in [6.45, 7) is 4.15. The van der Waals surface area contributed by atoms with E-state index in [-0.39, 0.29) is 11.9 Å². The van der Waals surface area contributed by atoms with Crippen LogP contribution < -0.4 is 5.48 Å². The highest BCUT2D eigenvalue weighted by Crippen LogP contribution is 2.17. The van der Waals surface area contributed by atoms with Gasteiger partial charge in [-0.1, -0.05) is 0 Å². The van der Waals surface area contributed by atoms with E-state index < -0.39 is 0 Å². The Hall–Kier alpha value is -0.650. The van der Waals surface area contributed by atoms with Crippen molar-refractivity contribution in [2.45, 2.75) is 12.8 Å². The molecule has 0 unspecified atom stereocenters. The molecule has 1 heterocycles. The average Bonchev–Trinajstić information content (AvgIpc) is 2.27. The summed E-state index contributed by atoms with van der Waals surface area (Å²) in [5, 5.41) is 0. The minimum atomic E-state index is -0.116. The lowest BCUT2D eigenvalue weighted by Gasteiger charge is -2.31. The number of carbonyl (C=O) groups excluding carboxylic acids is 1. The first-order chi connectivity index (χ1) is 7.63. The Bertz CT molecular complexity index is 213. The summed E-state index contributed by atoms with van der Waals surface area (Å²) in [5.74, 6) is -0.0437. The van der Waals surface area contributed by atoms with E-state index in [9.17, 15) is 4.79 Å². The highest BCUT2D eigenvalue weighted by molar-refractivity contribution is 5.72. The number of rotatable bonds is 5. The highest BCUT2D eigenvalue weighted by atomic mass is 16.7. The molecule has 0 spiro atoms. The molecule has 0 bridgehead atoms. The van der Waals surface area contributed by atoms with E-state index in [1.165, 1.54) is 0 Å². The highest BCUT2D eigenvalue weighted by Gasteiger charge is 2.25. The molecule has 5 nitrogen and oxygen atoms in total. The van der Waals surface area contributed by atoms with E-state index in [1.54, 1.807) is 7.05 Å². The number of hydroxylamine groups is 1. The van der Waals surface area contributed by atoms with Crippen molar-refractivity contribution in [3.63, 3.8) is 0 Å². The predicted molar refractivity (Wildman–Crippen MR) is 62.9 cm³/mol. The second kappa shape index (κ2) is 6.83. The minimum absolute atomic E-state index is 0.0723. The van der Waals surface area contributed by atoms with Gasteiger partial charge in [0.2, 0.25) is 0 Å². The normalized spacial score (nSPS) is 19.0. The van der Waals surface area contributed by atoms with Crippen molar-refractivity contribution in [2.24, 2.45) is 5.92 Å². The number of hydrogen-bond acceptors (Lipinski definition) is 5. The van der Waals surface area contributed by atoms with Gasteiger partial charge in [0, 0.05) is 20.1 Å². The summed E-state index contributed by atoms with van der Waals surface area (Å²) in [7, 11) is 5.78. The third-order valence-electron chi connectivity index (χ3n) is 2.99. The van der Waals surface area contributed by atoms with Crippen molar-refractivity contribution in [3.8, 4) is 0 Å². The van der Waals surface area contributed by atoms with Crippen molar-refractivity contribution < 1.29 is 9.63 Å². The molecule has 5 heteroatoms. The number of likely N-dealkylation sites (tertiary alicyclic amines) is 1. The summed E-state index contributed by atoms with van der Waals surface area (Å²) >= 11 is 0. The first-order valence-corrected chi connectivity index (χ1v) is 5.88. The zero-order chi connectivity index (χ0) is 12.0. The molecular formula is C11H23N3O2. The monoisotopic (exact) mass is 229 g/mol. The van der Waals surface area contributed by atoms with Crippen molar-refractivity contribution in [2.75, 3.05) is 47.3 Å². The van der Waals surface area contributed by atoms with Gasteiger partial charge in [-0.3, -0.25) is 4.79 Å². The third-order valence-corrected chi connectivity index (χ3v) is 2.99. The van der Waals surface area contributed by atoms with E-state index in [0.717, 1.165) is 39.0 Å². The summed E-state index contributed by atoms with van der Waals surface area (Å²) in [6.07, 6.45) is 1.82. The number of hydrogen-bond donors (Lipinski definition) is 1. The first kappa shape index (κ1) is 13.4. The molecule has 0 aromatic heterocycles. The van der Waals surface area contributed by atoms with Crippen molar-refractivity contribution in [1.82, 2.24) is 15.3 Å². The summed E-state index contributed by atoms with van der Waals surface area (Å²) < 4.78 is 0. The largest absolute Gasteiger partial charge is 0.371 e. The van der Waals surface area contributed by atoms with Crippen LogP contribution in [0, 0.1) is 5.92 Å². The average molecular weight is 229 g/mol. The van der Waals surface area contributed by atoms with Crippen LogP contribution in [0.15, 0.2) is 0 Å². The SMILES string of the molecule is CNOC(=O)C1CCN(CCN(C)C)CC1. The maximum Gasteiger partial charge on any atom is 0.327 e. The molecule has 1 aliphatic rings. The van der Waals surface area contributed by atoms with Gasteiger partial charge >= 0.3 is 5.97 Å². The maximum absolute atomic E-state index is 11.5. The van der Waals surface area contributed by atoms with E-state index in [2.05, 4.69) is 29.4 Å². The Morgan fingerprint density at radius 1 is 1.44 bits per heavy atom. The maximum atomic E-state index is 11.5. The van der Waals surface area contributed by atoms with Gasteiger partial charge in [0.1, 0.15) is 0 Å². The molecule has 1 aliphatic heterocycles. The molecule has 1 rings (SSSR count). The fourth-order valence-corrected chi connectivity index (χ4v) is 1.92. The van der Waals surface area contributed by atoms with Crippen molar-refractivity contribution in [1.29, 1.82) is 0 Å². The van der Waals surface area contributed by atoms with Crippen LogP contribution >= 0.6 is 0 Å². The van der Waals surface area contributed by atoms with Gasteiger partial charge in [0.15, 0.2) is 0 Å². The Balaban J connectivity index is 2.20. The Kier molecular flexibility index (Phi) is 5.73. The lowest BCUT2D eigenvalue weighted by Crippen LogP contribution is -2.40. The Morgan fingerprint density at radius 2 is 2.06 bits per heavy atom. The Labute approximate surface area is 97.7 Å². The molecule has 0 amide bonds. The molecule has 0 saturated carbocycles. The fourth-order valence-electron chi connectivity index (χ4n) is 1.92. The van der Waals surface area contributed by atoms with Crippen LogP contribution in [0.1, 0.15) is 12.8 Å². The number of nitrogens with zero attached hydrogens (tertiary/aromatic N) is 2. The molecular weight excluding hydrogens is 206 g/mol. The van der Waals surface area contributed by atoms with Gasteiger partial charge in [-0.2, -0.15) is 5.48 Å². The topological polar surface area (TPSA) is 44.8 Å². The van der Waals surface area contributed by atoms with Crippen LogP contribution in [-0.2, 0) is 9.63 Å². The van der Waals surface area contributed by atoms with Gasteiger partial charge in [-0.15, -0.1) is 0 Å². The zero-order valence-corrected chi connectivity index (χ0v) is 10.5. The molecule has 0 aromatic rings. The van der Waals surface area contributed by atoms with Gasteiger partial charge < -0.3 is 14.6 Å². The van der Waals surface area contributed by atoms with Gasteiger partial charge in [0.05, 0.1) is 5.92 Å². The molecule has 0 radical (unpaired) electrons. The number of nitrogens with one attached hydrogen (secondary N) is 1. The molecule has 1 saturated heterocycles. The summed E-state index contributed by atoms with van der Waals surface area (Å²) in [5.41, 5.74) is 2.45. The standard InChI is InChI=1S/C11H23N3O2/c1-12-16-11(15)10-4-6-14(7-5-10)9-8-13(2)3/h10,12H,4-9H2,1-3H3. The second-order valence-corrected chi connectivity index (χ2v) is 4.54. The molecule has 0 aliphatic carbocycles. The lowest BCUT2D eigenvalue weighted by atomic mass is 9.97. The van der Waals surface area contributed by atoms with Crippen LogP contribution in [0.3, 0.4) is 0 Å². The minimum Gasteiger partial charge on any atom is -0.371 e. The second-order valence-electron chi connectivity index (χ2n) is 4.54. The zero-order valence-electron chi connectivity index (χ0n) is 10.5. The van der Waals surface area contributed by atoms with Gasteiger partial charge in [-0.25, -0.2) is 0 Å². The van der Waals surface area contributed by atoms with Crippen LogP contribution in [0.5, 0.6) is 0 Å². The number of carbonyl (C=O) groups is 1. The summed E-state index contributed by atoms with van der Waals surface area (Å²) in [4.78, 5) is 20.8. The van der Waals surface area contributed by atoms with E-state index in [1.807, 2.05) is 0 Å². The quantitative estimate of drug-likeness (QED) is 0.669. The van der Waals surface area contributed by atoms with E-state index in [0.29, 0.717) is 0 Å². The van der Waals surface area contributed by atoms with Gasteiger partial charge in [-0.05, 0) is 40.0 Å². The number of likely N-dealkylation sites (N-methyl/N-ethyl adjacent to an activating group) is 1. The lowest BCUT2D eigenvalue weighted by molar-refractivity contribution is -0.156. The van der Waals surface area contributed by atoms with Crippen molar-refractivity contribution in [3.05, 3.63) is 0 Å². The Morgan fingerprint density at radius 3 is 2.56 bits per heavy atom. The third kappa shape index (κ3) is 4.47. The number of piperidine rings is 1. The van der Waals surface area contributed by atoms with Crippen LogP contribution in [0.4, 0.5) is 0 Å². The molecule has 94 valence electrons. The smallest absolute Gasteiger partial charge is 0.327 e. The molecule has 16 heavy (non-hydrogen) atoms. The van der Waals surface area contributed by atoms with Gasteiger partial charge in [0.25, 0.3) is 0 Å². The van der Waals surface area contributed by atoms with Crippen LogP contribution in [0.25, 0.3) is 0 Å². The van der Waals surface area contributed by atoms with Crippen molar-refractivity contribution >= 4 is 5.97 Å². The molecule has 1 N–H and O–H groups in total. The van der Waals surface area contributed by atoms with E-state index >= 15 is 0 Å².